The van der Waals surface area contributed by atoms with Crippen molar-refractivity contribution >= 4 is 47.0 Å². The van der Waals surface area contributed by atoms with Gasteiger partial charge in [-0.2, -0.15) is 0 Å². The molecule has 0 aliphatic rings. The van der Waals surface area contributed by atoms with E-state index < -0.39 is 36.0 Å². The van der Waals surface area contributed by atoms with Gasteiger partial charge >= 0.3 is 17.9 Å². The number of nitrogens with one attached hydrogen (secondary N) is 1. The molecule has 34 heavy (non-hydrogen) atoms. The Morgan fingerprint density at radius 3 is 1.82 bits per heavy atom. The second-order valence-electron chi connectivity index (χ2n) is 6.75. The normalized spacial score (nSPS) is 12.3. The molecular weight excluding hydrogens is 489 g/mol. The summed E-state index contributed by atoms with van der Waals surface area (Å²) < 4.78 is 15.3. The van der Waals surface area contributed by atoms with E-state index in [2.05, 4.69) is 5.32 Å². The number of amides is 1. The van der Waals surface area contributed by atoms with Gasteiger partial charge in [-0.05, 0) is 36.4 Å². The minimum atomic E-state index is -2.20. The third kappa shape index (κ3) is 6.15. The summed E-state index contributed by atoms with van der Waals surface area (Å²) in [5, 5.41) is 12.1. The molecule has 0 aliphatic heterocycles. The van der Waals surface area contributed by atoms with Gasteiger partial charge in [0.1, 0.15) is 5.76 Å². The van der Waals surface area contributed by atoms with Crippen LogP contribution in [0.25, 0.3) is 0 Å². The Kier molecular flexibility index (Phi) is 8.29. The topological polar surface area (TPSA) is 132 Å². The molecule has 9 nitrogen and oxygen atoms in total. The summed E-state index contributed by atoms with van der Waals surface area (Å²) in [5.41, 5.74) is -0.253. The van der Waals surface area contributed by atoms with Crippen molar-refractivity contribution in [2.24, 2.45) is 0 Å². The van der Waals surface area contributed by atoms with Crippen LogP contribution in [-0.2, 0) is 25.6 Å². The molecule has 0 saturated carbocycles. The molecule has 0 spiro atoms. The molecule has 0 fully saturated rings. The predicted octanol–water partition coefficient (Wildman–Crippen LogP) is 3.74. The fraction of sp³-hybridized carbons (Fsp3) is 0.130. The largest absolute Gasteiger partial charge is 0.478 e. The molecule has 2 atom stereocenters. The van der Waals surface area contributed by atoms with E-state index in [0.717, 1.165) is 0 Å². The van der Waals surface area contributed by atoms with Gasteiger partial charge in [0.2, 0.25) is 12.2 Å². The van der Waals surface area contributed by atoms with Crippen molar-refractivity contribution in [1.29, 1.82) is 0 Å². The molecule has 2 aromatic carbocycles. The van der Waals surface area contributed by atoms with Crippen LogP contribution in [0.4, 0.5) is 0 Å². The molecule has 1 amide bonds. The number of aliphatic carboxylic acids is 1. The van der Waals surface area contributed by atoms with Crippen LogP contribution in [0.1, 0.15) is 26.5 Å². The molecule has 0 radical (unpaired) electrons. The quantitative estimate of drug-likeness (QED) is 0.420. The second kappa shape index (κ2) is 11.4. The first-order valence-electron chi connectivity index (χ1n) is 9.72. The van der Waals surface area contributed by atoms with Crippen LogP contribution in [0.2, 0.25) is 10.0 Å². The van der Waals surface area contributed by atoms with Gasteiger partial charge in [-0.15, -0.1) is 0 Å². The third-order valence-corrected chi connectivity index (χ3v) is 5.11. The van der Waals surface area contributed by atoms with E-state index in [1.807, 2.05) is 0 Å². The average molecular weight is 506 g/mol. The van der Waals surface area contributed by atoms with Gasteiger partial charge in [0.25, 0.3) is 5.91 Å². The lowest BCUT2D eigenvalue weighted by atomic mass is 10.1. The van der Waals surface area contributed by atoms with Crippen LogP contribution in [-0.4, -0.2) is 41.1 Å². The SMILES string of the molecule is O=C(O[C@@H](C(=O)O)[C@@H](OC(=O)c1ccccc1Cl)C(=O)NCc1ccco1)c1ccccc1Cl. The summed E-state index contributed by atoms with van der Waals surface area (Å²) in [6, 6.07) is 14.7. The minimum absolute atomic E-state index is 0.00326. The van der Waals surface area contributed by atoms with Gasteiger partial charge < -0.3 is 24.3 Å². The van der Waals surface area contributed by atoms with Crippen molar-refractivity contribution in [2.45, 2.75) is 18.8 Å². The number of hydrogen-bond acceptors (Lipinski definition) is 7. The first-order chi connectivity index (χ1) is 16.3. The number of esters is 2. The van der Waals surface area contributed by atoms with Crippen molar-refractivity contribution in [3.8, 4) is 0 Å². The highest BCUT2D eigenvalue weighted by molar-refractivity contribution is 6.34. The summed E-state index contributed by atoms with van der Waals surface area (Å²) >= 11 is 12.0. The number of carbonyl (C=O) groups excluding carboxylic acids is 3. The number of carbonyl (C=O) groups is 4. The molecule has 3 aromatic rings. The Bertz CT molecular complexity index is 1200. The van der Waals surface area contributed by atoms with Gasteiger partial charge in [0.15, 0.2) is 0 Å². The smallest absolute Gasteiger partial charge is 0.349 e. The van der Waals surface area contributed by atoms with E-state index >= 15 is 0 Å². The molecule has 0 unspecified atom stereocenters. The number of ether oxygens (including phenoxy) is 2. The Hall–Kier alpha value is -3.82. The monoisotopic (exact) mass is 505 g/mol. The Balaban J connectivity index is 1.88. The molecule has 11 heteroatoms. The second-order valence-corrected chi connectivity index (χ2v) is 7.56. The molecular formula is C23H17Cl2NO8. The predicted molar refractivity (Wildman–Crippen MR) is 120 cm³/mol. The van der Waals surface area contributed by atoms with E-state index in [0.29, 0.717) is 5.76 Å². The van der Waals surface area contributed by atoms with Crippen LogP contribution in [0, 0.1) is 0 Å². The third-order valence-electron chi connectivity index (χ3n) is 4.45. The number of carboxylic acids is 1. The van der Waals surface area contributed by atoms with E-state index in [9.17, 15) is 24.3 Å². The van der Waals surface area contributed by atoms with Crippen molar-refractivity contribution in [3.05, 3.63) is 93.9 Å². The molecule has 0 bridgehead atoms. The summed E-state index contributed by atoms with van der Waals surface area (Å²) in [6.45, 7) is -0.142. The van der Waals surface area contributed by atoms with Crippen molar-refractivity contribution in [2.75, 3.05) is 0 Å². The first kappa shape index (κ1) is 24.8. The first-order valence-corrected chi connectivity index (χ1v) is 10.5. The fourth-order valence-corrected chi connectivity index (χ4v) is 3.22. The van der Waals surface area contributed by atoms with Crippen molar-refractivity contribution in [1.82, 2.24) is 5.32 Å². The van der Waals surface area contributed by atoms with Gasteiger partial charge in [0.05, 0.1) is 34.0 Å². The van der Waals surface area contributed by atoms with Crippen LogP contribution in [0.5, 0.6) is 0 Å². The molecule has 1 aromatic heterocycles. The molecule has 176 valence electrons. The summed E-state index contributed by atoms with van der Waals surface area (Å²) in [7, 11) is 0. The summed E-state index contributed by atoms with van der Waals surface area (Å²) in [5.74, 6) is -4.65. The summed E-state index contributed by atoms with van der Waals surface area (Å²) in [4.78, 5) is 50.1. The standard InChI is InChI=1S/C23H17Cl2NO8/c24-16-9-3-1-7-14(16)22(30)33-18(20(27)26-12-13-6-5-11-32-13)19(21(28)29)34-23(31)15-8-2-4-10-17(15)25/h1-11,18-19H,12H2,(H,26,27)(H,28,29)/t18-,19-/m1/s1. The van der Waals surface area contributed by atoms with Gasteiger partial charge in [-0.1, -0.05) is 47.5 Å². The number of benzene rings is 2. The molecule has 3 rings (SSSR count). The number of furan rings is 1. The highest BCUT2D eigenvalue weighted by Gasteiger charge is 2.41. The van der Waals surface area contributed by atoms with Crippen molar-refractivity contribution < 1.29 is 38.2 Å². The minimum Gasteiger partial charge on any atom is -0.478 e. The number of rotatable bonds is 9. The Morgan fingerprint density at radius 2 is 1.35 bits per heavy atom. The highest BCUT2D eigenvalue weighted by atomic mass is 35.5. The number of halogens is 2. The van der Waals surface area contributed by atoms with Gasteiger partial charge in [-0.3, -0.25) is 4.79 Å². The van der Waals surface area contributed by atoms with Crippen LogP contribution >= 0.6 is 23.2 Å². The Morgan fingerprint density at radius 1 is 0.824 bits per heavy atom. The maximum atomic E-state index is 12.9. The Labute approximate surface area is 203 Å². The molecule has 2 N–H and O–H groups in total. The van der Waals surface area contributed by atoms with Crippen molar-refractivity contribution in [3.63, 3.8) is 0 Å². The maximum Gasteiger partial charge on any atom is 0.349 e. The highest BCUT2D eigenvalue weighted by Crippen LogP contribution is 2.21. The van der Waals surface area contributed by atoms with E-state index in [1.165, 1.54) is 42.7 Å². The van der Waals surface area contributed by atoms with Crippen LogP contribution < -0.4 is 5.32 Å². The lowest BCUT2D eigenvalue weighted by molar-refractivity contribution is -0.159. The zero-order valence-corrected chi connectivity index (χ0v) is 18.8. The number of carboxylic acid groups (broad SMARTS) is 1. The fourth-order valence-electron chi connectivity index (χ4n) is 2.79. The zero-order valence-electron chi connectivity index (χ0n) is 17.3. The molecule has 1 heterocycles. The van der Waals surface area contributed by atoms with E-state index in [-0.39, 0.29) is 27.7 Å². The van der Waals surface area contributed by atoms with Gasteiger partial charge in [-0.25, -0.2) is 14.4 Å². The van der Waals surface area contributed by atoms with Crippen LogP contribution in [0.15, 0.2) is 71.3 Å². The lowest BCUT2D eigenvalue weighted by Crippen LogP contribution is -2.50. The van der Waals surface area contributed by atoms with Gasteiger partial charge in [0, 0.05) is 0 Å². The van der Waals surface area contributed by atoms with Crippen LogP contribution in [0.3, 0.4) is 0 Å². The maximum absolute atomic E-state index is 12.9. The summed E-state index contributed by atoms with van der Waals surface area (Å²) in [6.07, 6.45) is -2.89. The zero-order chi connectivity index (χ0) is 24.7. The average Bonchev–Trinajstić information content (AvgIpc) is 3.33. The van der Waals surface area contributed by atoms with E-state index in [1.54, 1.807) is 24.3 Å². The lowest BCUT2D eigenvalue weighted by Gasteiger charge is -2.23. The molecule has 0 aliphatic carbocycles. The molecule has 0 saturated heterocycles. The number of hydrogen-bond donors (Lipinski definition) is 2. The van der Waals surface area contributed by atoms with E-state index in [4.69, 9.17) is 37.1 Å².